The van der Waals surface area contributed by atoms with E-state index in [9.17, 15) is 18.0 Å². The maximum Gasteiger partial charge on any atom is 0.573 e. The Bertz CT molecular complexity index is 427. The van der Waals surface area contributed by atoms with Gasteiger partial charge in [-0.3, -0.25) is 4.79 Å². The third kappa shape index (κ3) is 5.19. The molecule has 0 saturated heterocycles. The average molecular weight is 275 g/mol. The number of halogens is 3. The third-order valence-electron chi connectivity index (χ3n) is 2.71. The number of benzene rings is 1. The Kier molecular flexibility index (Phi) is 4.80. The second-order valence-electron chi connectivity index (χ2n) is 4.58. The van der Waals surface area contributed by atoms with Crippen molar-refractivity contribution in [2.75, 3.05) is 0 Å². The molecular formula is C13H16F3NO2. The van der Waals surface area contributed by atoms with Crippen LogP contribution < -0.4 is 10.1 Å². The predicted molar refractivity (Wildman–Crippen MR) is 64.9 cm³/mol. The van der Waals surface area contributed by atoms with E-state index in [1.807, 2.05) is 20.8 Å². The van der Waals surface area contributed by atoms with E-state index in [1.165, 1.54) is 12.1 Å². The van der Waals surface area contributed by atoms with Crippen LogP contribution in [0.4, 0.5) is 13.2 Å². The van der Waals surface area contributed by atoms with E-state index in [0.717, 1.165) is 12.1 Å². The Morgan fingerprint density at radius 1 is 1.16 bits per heavy atom. The molecule has 0 radical (unpaired) electrons. The Morgan fingerprint density at radius 2 is 1.68 bits per heavy atom. The number of carbonyl (C=O) groups excluding carboxylic acids is 1. The summed E-state index contributed by atoms with van der Waals surface area (Å²) in [5.74, 6) is -0.391. The van der Waals surface area contributed by atoms with Crippen LogP contribution in [0.2, 0.25) is 0 Å². The van der Waals surface area contributed by atoms with E-state index in [1.54, 1.807) is 0 Å². The molecule has 1 aromatic carbocycles. The van der Waals surface area contributed by atoms with Gasteiger partial charge in [0.25, 0.3) is 5.91 Å². The molecule has 1 N–H and O–H groups in total. The minimum Gasteiger partial charge on any atom is -0.406 e. The topological polar surface area (TPSA) is 38.3 Å². The molecule has 0 aliphatic carbocycles. The van der Waals surface area contributed by atoms with Gasteiger partial charge >= 0.3 is 6.36 Å². The summed E-state index contributed by atoms with van der Waals surface area (Å²) in [5.41, 5.74) is 0.294. The van der Waals surface area contributed by atoms with Crippen LogP contribution in [0.3, 0.4) is 0 Å². The highest BCUT2D eigenvalue weighted by Gasteiger charge is 2.31. The molecule has 1 amide bonds. The highest BCUT2D eigenvalue weighted by molar-refractivity contribution is 5.94. The summed E-state index contributed by atoms with van der Waals surface area (Å²) < 4.78 is 39.6. The number of alkyl halides is 3. The second-order valence-corrected chi connectivity index (χ2v) is 4.58. The van der Waals surface area contributed by atoms with Gasteiger partial charge in [-0.05, 0) is 37.1 Å². The minimum atomic E-state index is -4.73. The van der Waals surface area contributed by atoms with E-state index < -0.39 is 6.36 Å². The molecule has 0 aliphatic heterocycles. The molecule has 0 fully saturated rings. The molecule has 0 bridgehead atoms. The van der Waals surface area contributed by atoms with Crippen molar-refractivity contribution < 1.29 is 22.7 Å². The zero-order valence-corrected chi connectivity index (χ0v) is 10.9. The number of nitrogens with one attached hydrogen (secondary N) is 1. The fourth-order valence-electron chi connectivity index (χ4n) is 1.26. The van der Waals surface area contributed by atoms with Gasteiger partial charge in [0.15, 0.2) is 0 Å². The molecule has 106 valence electrons. The predicted octanol–water partition coefficient (Wildman–Crippen LogP) is 3.36. The van der Waals surface area contributed by atoms with Crippen LogP contribution >= 0.6 is 0 Å². The van der Waals surface area contributed by atoms with Crippen molar-refractivity contribution in [2.45, 2.75) is 33.2 Å². The van der Waals surface area contributed by atoms with Gasteiger partial charge in [0, 0.05) is 11.6 Å². The summed E-state index contributed by atoms with van der Waals surface area (Å²) in [5, 5.41) is 2.76. The smallest absolute Gasteiger partial charge is 0.406 e. The van der Waals surface area contributed by atoms with Gasteiger partial charge in [-0.15, -0.1) is 13.2 Å². The number of carbonyl (C=O) groups is 1. The fraction of sp³-hybridized carbons (Fsp3) is 0.462. The van der Waals surface area contributed by atoms with Crippen molar-refractivity contribution in [1.29, 1.82) is 0 Å². The molecule has 1 aromatic rings. The average Bonchev–Trinajstić information content (AvgIpc) is 2.27. The summed E-state index contributed by atoms with van der Waals surface area (Å²) in [6.07, 6.45) is -4.73. The first-order valence-electron chi connectivity index (χ1n) is 5.85. The number of hydrogen-bond donors (Lipinski definition) is 1. The number of ether oxygens (including phenoxy) is 1. The normalized spacial score (nSPS) is 13.2. The van der Waals surface area contributed by atoms with Crippen molar-refractivity contribution in [3.63, 3.8) is 0 Å². The maximum atomic E-state index is 12.0. The molecule has 6 heteroatoms. The number of amides is 1. The largest absolute Gasteiger partial charge is 0.573 e. The van der Waals surface area contributed by atoms with Crippen LogP contribution in [0.5, 0.6) is 5.75 Å². The molecule has 0 spiro atoms. The van der Waals surface area contributed by atoms with Crippen LogP contribution in [-0.2, 0) is 0 Å². The lowest BCUT2D eigenvalue weighted by atomic mass is 10.1. The van der Waals surface area contributed by atoms with Gasteiger partial charge in [0.1, 0.15) is 5.75 Å². The lowest BCUT2D eigenvalue weighted by Crippen LogP contribution is -2.36. The van der Waals surface area contributed by atoms with Gasteiger partial charge in [-0.1, -0.05) is 13.8 Å². The number of rotatable bonds is 4. The quantitative estimate of drug-likeness (QED) is 0.915. The molecule has 1 unspecified atom stereocenters. The standard InChI is InChI=1S/C13H16F3NO2/c1-8(2)9(3)17-12(18)10-4-6-11(7-5-10)19-13(14,15)16/h4-9H,1-3H3,(H,17,18). The first kappa shape index (κ1) is 15.3. The Morgan fingerprint density at radius 3 is 2.11 bits per heavy atom. The van der Waals surface area contributed by atoms with Crippen molar-refractivity contribution in [3.05, 3.63) is 29.8 Å². The molecule has 0 heterocycles. The molecule has 19 heavy (non-hydrogen) atoms. The van der Waals surface area contributed by atoms with Gasteiger partial charge in [-0.25, -0.2) is 0 Å². The maximum absolute atomic E-state index is 12.0. The van der Waals surface area contributed by atoms with Crippen molar-refractivity contribution in [1.82, 2.24) is 5.32 Å². The van der Waals surface area contributed by atoms with Gasteiger partial charge in [-0.2, -0.15) is 0 Å². The van der Waals surface area contributed by atoms with Crippen LogP contribution in [0.15, 0.2) is 24.3 Å². The molecule has 0 aliphatic rings. The monoisotopic (exact) mass is 275 g/mol. The van der Waals surface area contributed by atoms with Crippen molar-refractivity contribution >= 4 is 5.91 Å². The molecule has 3 nitrogen and oxygen atoms in total. The highest BCUT2D eigenvalue weighted by Crippen LogP contribution is 2.22. The summed E-state index contributed by atoms with van der Waals surface area (Å²) in [6.45, 7) is 5.79. The minimum absolute atomic E-state index is 0.0152. The van der Waals surface area contributed by atoms with Crippen LogP contribution in [0.25, 0.3) is 0 Å². The van der Waals surface area contributed by atoms with Gasteiger partial charge in [0.05, 0.1) is 0 Å². The third-order valence-corrected chi connectivity index (χ3v) is 2.71. The molecule has 0 aromatic heterocycles. The van der Waals surface area contributed by atoms with E-state index in [-0.39, 0.29) is 23.6 Å². The summed E-state index contributed by atoms with van der Waals surface area (Å²) in [7, 11) is 0. The van der Waals surface area contributed by atoms with E-state index in [0.29, 0.717) is 5.56 Å². The molecule has 0 saturated carbocycles. The second kappa shape index (κ2) is 5.95. The van der Waals surface area contributed by atoms with Gasteiger partial charge < -0.3 is 10.1 Å². The van der Waals surface area contributed by atoms with Crippen LogP contribution in [0.1, 0.15) is 31.1 Å². The van der Waals surface area contributed by atoms with E-state index >= 15 is 0 Å². The van der Waals surface area contributed by atoms with E-state index in [4.69, 9.17) is 0 Å². The SMILES string of the molecule is CC(C)C(C)NC(=O)c1ccc(OC(F)(F)F)cc1. The Balaban J connectivity index is 2.68. The Labute approximate surface area is 109 Å². The fourth-order valence-corrected chi connectivity index (χ4v) is 1.26. The summed E-state index contributed by atoms with van der Waals surface area (Å²) >= 11 is 0. The summed E-state index contributed by atoms with van der Waals surface area (Å²) in [6, 6.07) is 4.80. The van der Waals surface area contributed by atoms with Crippen molar-refractivity contribution in [2.24, 2.45) is 5.92 Å². The number of hydrogen-bond acceptors (Lipinski definition) is 2. The molecule has 1 rings (SSSR count). The Hall–Kier alpha value is -1.72. The van der Waals surface area contributed by atoms with Crippen LogP contribution in [0, 0.1) is 5.92 Å². The zero-order valence-electron chi connectivity index (χ0n) is 10.9. The first-order chi connectivity index (χ1) is 8.69. The molecular weight excluding hydrogens is 259 g/mol. The highest BCUT2D eigenvalue weighted by atomic mass is 19.4. The lowest BCUT2D eigenvalue weighted by molar-refractivity contribution is -0.274. The van der Waals surface area contributed by atoms with Crippen molar-refractivity contribution in [3.8, 4) is 5.75 Å². The first-order valence-corrected chi connectivity index (χ1v) is 5.85. The van der Waals surface area contributed by atoms with Crippen LogP contribution in [-0.4, -0.2) is 18.3 Å². The van der Waals surface area contributed by atoms with Gasteiger partial charge in [0.2, 0.25) is 0 Å². The lowest BCUT2D eigenvalue weighted by Gasteiger charge is -2.17. The summed E-state index contributed by atoms with van der Waals surface area (Å²) in [4.78, 5) is 11.8. The van der Waals surface area contributed by atoms with E-state index in [2.05, 4.69) is 10.1 Å². The zero-order chi connectivity index (χ0) is 14.6. The molecule has 1 atom stereocenters.